The third-order valence-corrected chi connectivity index (χ3v) is 1.21. The van der Waals surface area contributed by atoms with Crippen LogP contribution in [0.3, 0.4) is 0 Å². The van der Waals surface area contributed by atoms with Crippen LogP contribution in [0.15, 0.2) is 5.11 Å². The third kappa shape index (κ3) is 2.91. The maximum Gasteiger partial charge on any atom is 0.0819 e. The topological polar surface area (TPSA) is 88.9 Å². The highest BCUT2D eigenvalue weighted by atomic mass is 16.4. The van der Waals surface area contributed by atoms with Gasteiger partial charge in [0.15, 0.2) is 0 Å². The van der Waals surface area contributed by atoms with Gasteiger partial charge >= 0.3 is 0 Å². The van der Waals surface area contributed by atoms with Gasteiger partial charge in [0, 0.05) is 4.91 Å². The molecule has 0 aliphatic carbocycles. The molecule has 62 valence electrons. The largest absolute Gasteiger partial charge is 0.550 e. The number of hydrogen-bond acceptors (Lipinski definition) is 3. The lowest BCUT2D eigenvalue weighted by molar-refractivity contribution is -0.309. The molecule has 0 aliphatic heterocycles. The van der Waals surface area contributed by atoms with Gasteiger partial charge in [-0.05, 0) is 10.9 Å². The smallest absolute Gasteiger partial charge is 0.0819 e. The Labute approximate surface area is 64.7 Å². The monoisotopic (exact) mass is 156 g/mol. The zero-order valence-electron chi connectivity index (χ0n) is 6.74. The Kier molecular flexibility index (Phi) is 2.89. The minimum absolute atomic E-state index is 0.592. The molecule has 5 heteroatoms. The Hall–Kier alpha value is -1.22. The molecule has 0 aromatic rings. The van der Waals surface area contributed by atoms with Gasteiger partial charge in [0.05, 0.1) is 12.0 Å². The predicted octanol–water partition coefficient (Wildman–Crippen LogP) is 0.461. The van der Waals surface area contributed by atoms with E-state index in [9.17, 15) is 9.90 Å². The second-order valence-electron chi connectivity index (χ2n) is 3.29. The number of carboxylic acid groups (broad SMARTS) is 1. The van der Waals surface area contributed by atoms with E-state index in [-0.39, 0.29) is 0 Å². The van der Waals surface area contributed by atoms with Crippen molar-refractivity contribution in [2.75, 3.05) is 0 Å². The standard InChI is InChI=1S/C6H11N3O2/c1-6(2,3)4(5(10)11)8-9-7/h4H,1-3H3,(H,10,11)/p-1. The van der Waals surface area contributed by atoms with Gasteiger partial charge in [0.1, 0.15) is 0 Å². The van der Waals surface area contributed by atoms with Gasteiger partial charge < -0.3 is 9.90 Å². The molecule has 0 aromatic carbocycles. The van der Waals surface area contributed by atoms with Gasteiger partial charge in [-0.1, -0.05) is 25.9 Å². The molecule has 0 radical (unpaired) electrons. The SMILES string of the molecule is CC(C)(C)C(N=[N+]=[N-])C(=O)[O-]. The molecule has 0 aromatic heterocycles. The molecule has 0 aliphatic rings. The van der Waals surface area contributed by atoms with E-state index < -0.39 is 17.4 Å². The van der Waals surface area contributed by atoms with Crippen molar-refractivity contribution < 1.29 is 9.90 Å². The second kappa shape index (κ2) is 3.25. The van der Waals surface area contributed by atoms with Crippen LogP contribution in [0.4, 0.5) is 0 Å². The molecule has 5 nitrogen and oxygen atoms in total. The Morgan fingerprint density at radius 3 is 2.18 bits per heavy atom. The summed E-state index contributed by atoms with van der Waals surface area (Å²) in [6.45, 7) is 5.01. The van der Waals surface area contributed by atoms with Crippen LogP contribution in [0.25, 0.3) is 10.4 Å². The zero-order chi connectivity index (χ0) is 9.07. The lowest BCUT2D eigenvalue weighted by Crippen LogP contribution is -2.42. The summed E-state index contributed by atoms with van der Waals surface area (Å²) in [5, 5.41) is 13.5. The average Bonchev–Trinajstić information content (AvgIpc) is 1.79. The summed E-state index contributed by atoms with van der Waals surface area (Å²) < 4.78 is 0. The van der Waals surface area contributed by atoms with Crippen molar-refractivity contribution in [2.45, 2.75) is 26.8 Å². The van der Waals surface area contributed by atoms with Crippen molar-refractivity contribution in [3.63, 3.8) is 0 Å². The predicted molar refractivity (Wildman–Crippen MR) is 37.4 cm³/mol. The van der Waals surface area contributed by atoms with Crippen LogP contribution in [0, 0.1) is 5.41 Å². The molecule has 0 saturated carbocycles. The molecule has 0 heterocycles. The number of rotatable bonds is 2. The van der Waals surface area contributed by atoms with E-state index in [0.29, 0.717) is 0 Å². The van der Waals surface area contributed by atoms with Gasteiger partial charge in [-0.2, -0.15) is 0 Å². The Morgan fingerprint density at radius 1 is 1.64 bits per heavy atom. The molecule has 1 atom stereocenters. The molecule has 0 N–H and O–H groups in total. The number of carbonyl (C=O) groups is 1. The lowest BCUT2D eigenvalue weighted by atomic mass is 9.87. The molecule has 0 amide bonds. The first-order valence-corrected chi connectivity index (χ1v) is 3.14. The summed E-state index contributed by atoms with van der Waals surface area (Å²) >= 11 is 0. The number of azide groups is 1. The normalized spacial score (nSPS) is 13.4. The average molecular weight is 156 g/mol. The first-order chi connectivity index (χ1) is 4.89. The summed E-state index contributed by atoms with van der Waals surface area (Å²) in [7, 11) is 0. The first kappa shape index (κ1) is 9.78. The van der Waals surface area contributed by atoms with Crippen molar-refractivity contribution in [3.8, 4) is 0 Å². The van der Waals surface area contributed by atoms with E-state index in [1.165, 1.54) is 0 Å². The summed E-state index contributed by atoms with van der Waals surface area (Å²) in [5.74, 6) is -1.34. The highest BCUT2D eigenvalue weighted by molar-refractivity contribution is 5.72. The summed E-state index contributed by atoms with van der Waals surface area (Å²) in [6.07, 6.45) is 0. The molecule has 0 bridgehead atoms. The van der Waals surface area contributed by atoms with E-state index in [1.807, 2.05) is 0 Å². The fourth-order valence-corrected chi connectivity index (χ4v) is 0.626. The van der Waals surface area contributed by atoms with Crippen LogP contribution in [-0.4, -0.2) is 12.0 Å². The Morgan fingerprint density at radius 2 is 2.09 bits per heavy atom. The number of carboxylic acids is 1. The number of aliphatic carboxylic acids is 1. The van der Waals surface area contributed by atoms with Crippen LogP contribution < -0.4 is 5.11 Å². The first-order valence-electron chi connectivity index (χ1n) is 3.14. The van der Waals surface area contributed by atoms with Crippen LogP contribution in [0.5, 0.6) is 0 Å². The van der Waals surface area contributed by atoms with E-state index in [1.54, 1.807) is 20.8 Å². The summed E-state index contributed by atoms with van der Waals surface area (Å²) in [5.41, 5.74) is 7.42. The van der Waals surface area contributed by atoms with E-state index in [2.05, 4.69) is 10.0 Å². The number of hydrogen-bond donors (Lipinski definition) is 0. The van der Waals surface area contributed by atoms with E-state index >= 15 is 0 Å². The third-order valence-electron chi connectivity index (χ3n) is 1.21. The maximum absolute atomic E-state index is 10.4. The fourth-order valence-electron chi connectivity index (χ4n) is 0.626. The zero-order valence-corrected chi connectivity index (χ0v) is 6.74. The van der Waals surface area contributed by atoms with Gasteiger partial charge in [0.25, 0.3) is 0 Å². The van der Waals surface area contributed by atoms with Crippen LogP contribution in [0.1, 0.15) is 20.8 Å². The van der Waals surface area contributed by atoms with Gasteiger partial charge in [-0.25, -0.2) is 0 Å². The number of carbonyl (C=O) groups excluding carboxylic acids is 1. The van der Waals surface area contributed by atoms with Crippen LogP contribution in [0.2, 0.25) is 0 Å². The molecule has 0 spiro atoms. The minimum atomic E-state index is -1.34. The van der Waals surface area contributed by atoms with Gasteiger partial charge in [-0.3, -0.25) is 0 Å². The van der Waals surface area contributed by atoms with Gasteiger partial charge in [-0.15, -0.1) is 0 Å². The lowest BCUT2D eigenvalue weighted by Gasteiger charge is -2.26. The van der Waals surface area contributed by atoms with Crippen molar-refractivity contribution in [1.82, 2.24) is 0 Å². The van der Waals surface area contributed by atoms with Crippen molar-refractivity contribution in [1.29, 1.82) is 0 Å². The van der Waals surface area contributed by atoms with E-state index in [4.69, 9.17) is 5.53 Å². The second-order valence-corrected chi connectivity index (χ2v) is 3.29. The molecule has 0 saturated heterocycles. The summed E-state index contributed by atoms with van der Waals surface area (Å²) in [6, 6.07) is -1.10. The molecular weight excluding hydrogens is 146 g/mol. The molecule has 0 fully saturated rings. The molecule has 1 unspecified atom stereocenters. The number of nitrogens with zero attached hydrogens (tertiary/aromatic N) is 3. The van der Waals surface area contributed by atoms with E-state index in [0.717, 1.165) is 0 Å². The fraction of sp³-hybridized carbons (Fsp3) is 0.833. The molecule has 11 heavy (non-hydrogen) atoms. The molecular formula is C6H10N3O2-. The Bertz CT molecular complexity index is 198. The van der Waals surface area contributed by atoms with Crippen LogP contribution in [-0.2, 0) is 4.79 Å². The van der Waals surface area contributed by atoms with Gasteiger partial charge in [0.2, 0.25) is 0 Å². The molecule has 0 rings (SSSR count). The van der Waals surface area contributed by atoms with Crippen molar-refractivity contribution in [3.05, 3.63) is 10.4 Å². The summed E-state index contributed by atoms with van der Waals surface area (Å²) in [4.78, 5) is 12.8. The highest BCUT2D eigenvalue weighted by Crippen LogP contribution is 2.21. The maximum atomic E-state index is 10.4. The van der Waals surface area contributed by atoms with Crippen LogP contribution >= 0.6 is 0 Å². The highest BCUT2D eigenvalue weighted by Gasteiger charge is 2.24. The van der Waals surface area contributed by atoms with Crippen molar-refractivity contribution >= 4 is 5.97 Å². The quantitative estimate of drug-likeness (QED) is 0.330. The minimum Gasteiger partial charge on any atom is -0.550 e. The van der Waals surface area contributed by atoms with Crippen molar-refractivity contribution in [2.24, 2.45) is 10.5 Å². The Balaban J connectivity index is 4.61.